The fourth-order valence-corrected chi connectivity index (χ4v) is 5.48. The Hall–Kier alpha value is -3.17. The van der Waals surface area contributed by atoms with Gasteiger partial charge in [0.25, 0.3) is 5.91 Å². The van der Waals surface area contributed by atoms with E-state index in [0.29, 0.717) is 42.2 Å². The SMILES string of the molecule is Cc1ccc2ncc(F)c(CCC34CCC(NCc5ccc6c(n5)NC(=O)CO6)(CC3)CO4)c2n1. The van der Waals surface area contributed by atoms with Crippen LogP contribution in [0.2, 0.25) is 0 Å². The van der Waals surface area contributed by atoms with Crippen molar-refractivity contribution in [1.29, 1.82) is 0 Å². The van der Waals surface area contributed by atoms with Crippen molar-refractivity contribution in [3.8, 4) is 5.75 Å². The minimum Gasteiger partial charge on any atom is -0.480 e. The molecule has 1 aliphatic carbocycles. The second kappa shape index (κ2) is 8.49. The van der Waals surface area contributed by atoms with Crippen LogP contribution in [0.25, 0.3) is 11.0 Å². The Morgan fingerprint density at radius 3 is 2.80 bits per heavy atom. The molecule has 2 N–H and O–H groups in total. The largest absolute Gasteiger partial charge is 0.480 e. The van der Waals surface area contributed by atoms with E-state index >= 15 is 0 Å². The van der Waals surface area contributed by atoms with Gasteiger partial charge in [0.2, 0.25) is 0 Å². The van der Waals surface area contributed by atoms with Crippen LogP contribution in [-0.4, -0.2) is 45.2 Å². The Morgan fingerprint density at radius 1 is 1.14 bits per heavy atom. The molecule has 1 amide bonds. The first-order valence-corrected chi connectivity index (χ1v) is 12.2. The van der Waals surface area contributed by atoms with E-state index in [0.717, 1.165) is 49.0 Å². The van der Waals surface area contributed by atoms with Crippen molar-refractivity contribution in [3.63, 3.8) is 0 Å². The topological polar surface area (TPSA) is 98.3 Å². The van der Waals surface area contributed by atoms with Crippen molar-refractivity contribution in [2.24, 2.45) is 0 Å². The van der Waals surface area contributed by atoms with Crippen LogP contribution in [0.3, 0.4) is 0 Å². The molecule has 7 rings (SSSR count). The van der Waals surface area contributed by atoms with Crippen LogP contribution >= 0.6 is 0 Å². The van der Waals surface area contributed by atoms with E-state index in [2.05, 4.69) is 25.6 Å². The lowest BCUT2D eigenvalue weighted by Gasteiger charge is -2.53. The number of ether oxygens (including phenoxy) is 2. The van der Waals surface area contributed by atoms with Crippen molar-refractivity contribution < 1.29 is 18.7 Å². The van der Waals surface area contributed by atoms with Crippen LogP contribution in [-0.2, 0) is 22.5 Å². The summed E-state index contributed by atoms with van der Waals surface area (Å²) in [4.78, 5) is 24.9. The van der Waals surface area contributed by atoms with E-state index in [9.17, 15) is 9.18 Å². The summed E-state index contributed by atoms with van der Waals surface area (Å²) < 4.78 is 26.5. The first kappa shape index (κ1) is 22.3. The second-order valence-corrected chi connectivity index (χ2v) is 10.00. The molecular formula is C26H28FN5O3. The average Bonchev–Trinajstić information content (AvgIpc) is 2.88. The van der Waals surface area contributed by atoms with Gasteiger partial charge in [0.1, 0.15) is 5.82 Å². The maximum atomic E-state index is 14.7. The average molecular weight is 478 g/mol. The first-order chi connectivity index (χ1) is 16.9. The van der Waals surface area contributed by atoms with Crippen LogP contribution in [0, 0.1) is 12.7 Å². The zero-order valence-electron chi connectivity index (χ0n) is 19.7. The number of halogens is 1. The molecule has 0 aromatic carbocycles. The van der Waals surface area contributed by atoms with E-state index in [4.69, 9.17) is 9.47 Å². The molecule has 3 aromatic heterocycles. The molecule has 1 saturated carbocycles. The van der Waals surface area contributed by atoms with Crippen molar-refractivity contribution in [2.75, 3.05) is 18.5 Å². The number of pyridine rings is 3. The fourth-order valence-electron chi connectivity index (χ4n) is 5.48. The highest BCUT2D eigenvalue weighted by Crippen LogP contribution is 2.46. The number of rotatable bonds is 6. The lowest BCUT2D eigenvalue weighted by molar-refractivity contribution is -0.165. The number of hydrogen-bond acceptors (Lipinski definition) is 7. The van der Waals surface area contributed by atoms with E-state index < -0.39 is 0 Å². The molecule has 2 saturated heterocycles. The molecule has 8 nitrogen and oxygen atoms in total. The van der Waals surface area contributed by atoms with Crippen molar-refractivity contribution in [1.82, 2.24) is 20.3 Å². The van der Waals surface area contributed by atoms with Gasteiger partial charge in [-0.15, -0.1) is 0 Å². The summed E-state index contributed by atoms with van der Waals surface area (Å²) in [5.41, 5.74) is 3.40. The molecule has 0 atom stereocenters. The quantitative estimate of drug-likeness (QED) is 0.560. The first-order valence-electron chi connectivity index (χ1n) is 12.2. The zero-order chi connectivity index (χ0) is 24.0. The molecule has 6 heterocycles. The van der Waals surface area contributed by atoms with Crippen LogP contribution in [0.4, 0.5) is 10.2 Å². The van der Waals surface area contributed by atoms with Crippen LogP contribution in [0.1, 0.15) is 49.1 Å². The van der Waals surface area contributed by atoms with E-state index in [1.54, 1.807) is 0 Å². The summed E-state index contributed by atoms with van der Waals surface area (Å²) >= 11 is 0. The van der Waals surface area contributed by atoms with Gasteiger partial charge >= 0.3 is 0 Å². The standard InChI is InChI=1S/C26H28FN5O3/c1-16-2-4-20-23(30-16)18(19(27)13-28-20)6-7-26-10-8-25(9-11-26,15-35-26)29-12-17-3-5-21-24(31-17)32-22(33)14-34-21/h2-5,13,29H,6-12,14-15H2,1H3,(H,31,32,33). The zero-order valence-corrected chi connectivity index (χ0v) is 19.7. The molecule has 3 fully saturated rings. The summed E-state index contributed by atoms with van der Waals surface area (Å²) in [5.74, 6) is 0.581. The molecule has 3 aromatic rings. The molecule has 3 aliphatic heterocycles. The number of carbonyl (C=O) groups is 1. The minimum absolute atomic E-state index is 0.0225. The Morgan fingerprint density at radius 2 is 2.00 bits per heavy atom. The van der Waals surface area contributed by atoms with E-state index in [1.807, 2.05) is 31.2 Å². The molecule has 182 valence electrons. The third-order valence-corrected chi connectivity index (χ3v) is 7.68. The summed E-state index contributed by atoms with van der Waals surface area (Å²) in [7, 11) is 0. The number of anilines is 1. The maximum absolute atomic E-state index is 14.7. The molecule has 4 aliphatic rings. The Labute approximate surface area is 202 Å². The number of aryl methyl sites for hydroxylation is 2. The van der Waals surface area contributed by atoms with Crippen LogP contribution in [0.5, 0.6) is 5.75 Å². The van der Waals surface area contributed by atoms with Crippen LogP contribution in [0.15, 0.2) is 30.5 Å². The lowest BCUT2D eigenvalue weighted by atomic mass is 9.69. The van der Waals surface area contributed by atoms with Gasteiger partial charge in [-0.3, -0.25) is 14.8 Å². The molecule has 0 unspecified atom stereocenters. The summed E-state index contributed by atoms with van der Waals surface area (Å²) in [6, 6.07) is 7.56. The lowest BCUT2D eigenvalue weighted by Crippen LogP contribution is -2.61. The fraction of sp³-hybridized carbons (Fsp3) is 0.462. The van der Waals surface area contributed by atoms with E-state index in [1.165, 1.54) is 6.20 Å². The van der Waals surface area contributed by atoms with E-state index in [-0.39, 0.29) is 29.5 Å². The number of nitrogens with zero attached hydrogens (tertiary/aromatic N) is 3. The second-order valence-electron chi connectivity index (χ2n) is 10.00. The number of nitrogens with one attached hydrogen (secondary N) is 2. The van der Waals surface area contributed by atoms with Gasteiger partial charge in [0.05, 0.1) is 35.1 Å². The van der Waals surface area contributed by atoms with Crippen LogP contribution < -0.4 is 15.4 Å². The summed E-state index contributed by atoms with van der Waals surface area (Å²) in [5, 5.41) is 6.43. The predicted octanol–water partition coefficient (Wildman–Crippen LogP) is 3.61. The number of aromatic nitrogens is 3. The third-order valence-electron chi connectivity index (χ3n) is 7.68. The van der Waals surface area contributed by atoms with Gasteiger partial charge < -0.3 is 20.1 Å². The number of fused-ring (bicyclic) bond motifs is 5. The molecule has 2 bridgehead atoms. The molecule has 0 spiro atoms. The highest BCUT2D eigenvalue weighted by molar-refractivity contribution is 5.94. The third kappa shape index (κ3) is 4.23. The normalized spacial score (nSPS) is 25.3. The Kier molecular flexibility index (Phi) is 5.41. The van der Waals surface area contributed by atoms with Crippen molar-refractivity contribution in [3.05, 3.63) is 53.2 Å². The molecule has 35 heavy (non-hydrogen) atoms. The van der Waals surface area contributed by atoms with Gasteiger partial charge in [0, 0.05) is 23.3 Å². The molecular weight excluding hydrogens is 449 g/mol. The Balaban J connectivity index is 1.10. The molecule has 0 radical (unpaired) electrons. The maximum Gasteiger partial charge on any atom is 0.263 e. The number of carbonyl (C=O) groups excluding carboxylic acids is 1. The molecule has 9 heteroatoms. The summed E-state index contributed by atoms with van der Waals surface area (Å²) in [6.45, 7) is 3.14. The Bertz CT molecular complexity index is 1280. The van der Waals surface area contributed by atoms with Gasteiger partial charge in [-0.1, -0.05) is 0 Å². The highest BCUT2D eigenvalue weighted by atomic mass is 19.1. The number of hydrogen-bond donors (Lipinski definition) is 2. The van der Waals surface area contributed by atoms with Crippen molar-refractivity contribution in [2.45, 2.75) is 63.1 Å². The van der Waals surface area contributed by atoms with Gasteiger partial charge in [-0.2, -0.15) is 0 Å². The monoisotopic (exact) mass is 477 g/mol. The van der Waals surface area contributed by atoms with Gasteiger partial charge in [0.15, 0.2) is 18.2 Å². The van der Waals surface area contributed by atoms with Gasteiger partial charge in [-0.25, -0.2) is 9.37 Å². The highest BCUT2D eigenvalue weighted by Gasteiger charge is 2.49. The van der Waals surface area contributed by atoms with Gasteiger partial charge in [-0.05, 0) is 69.7 Å². The van der Waals surface area contributed by atoms with Crippen molar-refractivity contribution >= 4 is 22.8 Å². The minimum atomic E-state index is -0.297. The predicted molar refractivity (Wildman–Crippen MR) is 128 cm³/mol. The number of amides is 1. The smallest absolute Gasteiger partial charge is 0.263 e. The summed E-state index contributed by atoms with van der Waals surface area (Å²) in [6.07, 6.45) is 6.49.